The molecule has 0 fully saturated rings. The van der Waals surface area contributed by atoms with E-state index in [1.165, 1.54) is 11.3 Å². The molecule has 0 saturated carbocycles. The lowest BCUT2D eigenvalue weighted by Gasteiger charge is -2.07. The third-order valence-electron chi connectivity index (χ3n) is 3.94. The maximum absolute atomic E-state index is 12.1. The number of carbonyl (C=O) groups excluding carboxylic acids is 2. The molecule has 1 heterocycles. The molecule has 2 N–H and O–H groups in total. The first-order chi connectivity index (χ1) is 13.1. The fourth-order valence-corrected chi connectivity index (χ4v) is 3.59. The Labute approximate surface area is 166 Å². The second kappa shape index (κ2) is 8.79. The summed E-state index contributed by atoms with van der Waals surface area (Å²) in [5.41, 5.74) is 7.93. The molecule has 2 amide bonds. The molecule has 0 spiro atoms. The first kappa shape index (κ1) is 19.1. The minimum absolute atomic E-state index is 0.0655. The van der Waals surface area contributed by atoms with Crippen LogP contribution in [0.2, 0.25) is 5.02 Å². The zero-order valence-electron chi connectivity index (χ0n) is 14.7. The summed E-state index contributed by atoms with van der Waals surface area (Å²) in [6.07, 6.45) is 0.971. The zero-order valence-corrected chi connectivity index (χ0v) is 16.2. The monoisotopic (exact) mass is 399 g/mol. The summed E-state index contributed by atoms with van der Waals surface area (Å²) in [4.78, 5) is 28.6. The molecule has 1 aromatic heterocycles. The Hall–Kier alpha value is -2.70. The summed E-state index contributed by atoms with van der Waals surface area (Å²) < 4.78 is 0. The van der Waals surface area contributed by atoms with Crippen LogP contribution in [0.5, 0.6) is 0 Å². The number of thiazole rings is 1. The van der Waals surface area contributed by atoms with Crippen LogP contribution in [0.25, 0.3) is 10.6 Å². The molecule has 3 rings (SSSR count). The number of halogens is 1. The summed E-state index contributed by atoms with van der Waals surface area (Å²) in [7, 11) is 0. The summed E-state index contributed by atoms with van der Waals surface area (Å²) in [6.45, 7) is 2.05. The highest BCUT2D eigenvalue weighted by molar-refractivity contribution is 7.13. The number of hydrogen-bond acceptors (Lipinski definition) is 4. The fraction of sp³-hybridized carbons (Fsp3) is 0.150. The van der Waals surface area contributed by atoms with Crippen LogP contribution >= 0.6 is 22.9 Å². The van der Waals surface area contributed by atoms with E-state index >= 15 is 0 Å². The van der Waals surface area contributed by atoms with Gasteiger partial charge in [-0.1, -0.05) is 48.9 Å². The number of amides is 2. The van der Waals surface area contributed by atoms with E-state index in [2.05, 4.69) is 15.8 Å². The van der Waals surface area contributed by atoms with Crippen LogP contribution in [0.1, 0.15) is 28.5 Å². The lowest BCUT2D eigenvalue weighted by molar-refractivity contribution is -0.121. The van der Waals surface area contributed by atoms with Crippen LogP contribution < -0.4 is 10.9 Å². The van der Waals surface area contributed by atoms with E-state index in [0.29, 0.717) is 16.3 Å². The van der Waals surface area contributed by atoms with Crippen molar-refractivity contribution in [2.75, 3.05) is 0 Å². The smallest absolute Gasteiger partial charge is 0.269 e. The topological polar surface area (TPSA) is 71.1 Å². The van der Waals surface area contributed by atoms with Gasteiger partial charge in [-0.25, -0.2) is 4.98 Å². The SMILES string of the molecule is CCc1ccc(C(=O)NNC(=O)Cc2csc(-c3ccccc3Cl)n2)cc1. The van der Waals surface area contributed by atoms with E-state index in [1.807, 2.05) is 42.6 Å². The molecule has 0 unspecified atom stereocenters. The Morgan fingerprint density at radius 3 is 2.52 bits per heavy atom. The molecule has 7 heteroatoms. The highest BCUT2D eigenvalue weighted by atomic mass is 35.5. The Morgan fingerprint density at radius 2 is 1.81 bits per heavy atom. The molecule has 0 bridgehead atoms. The number of nitrogens with zero attached hydrogens (tertiary/aromatic N) is 1. The van der Waals surface area contributed by atoms with E-state index in [9.17, 15) is 9.59 Å². The lowest BCUT2D eigenvalue weighted by atomic mass is 10.1. The van der Waals surface area contributed by atoms with E-state index in [-0.39, 0.29) is 18.2 Å². The molecule has 3 aromatic rings. The van der Waals surface area contributed by atoms with E-state index in [1.54, 1.807) is 18.2 Å². The highest BCUT2D eigenvalue weighted by Gasteiger charge is 2.12. The molecule has 0 aliphatic heterocycles. The van der Waals surface area contributed by atoms with Gasteiger partial charge < -0.3 is 0 Å². The summed E-state index contributed by atoms with van der Waals surface area (Å²) in [5, 5.41) is 3.18. The molecule has 0 aliphatic rings. The van der Waals surface area contributed by atoms with Crippen molar-refractivity contribution in [3.05, 3.63) is 75.8 Å². The van der Waals surface area contributed by atoms with Gasteiger partial charge in [0.05, 0.1) is 17.1 Å². The predicted molar refractivity (Wildman–Crippen MR) is 108 cm³/mol. The van der Waals surface area contributed by atoms with E-state index < -0.39 is 0 Å². The van der Waals surface area contributed by atoms with Gasteiger partial charge in [0.25, 0.3) is 5.91 Å². The fourth-order valence-electron chi connectivity index (χ4n) is 2.45. The molecular weight excluding hydrogens is 382 g/mol. The van der Waals surface area contributed by atoms with Gasteiger partial charge in [0.15, 0.2) is 0 Å². The number of carbonyl (C=O) groups is 2. The number of nitrogens with one attached hydrogen (secondary N) is 2. The number of hydrazine groups is 1. The molecular formula is C20H18ClN3O2S. The van der Waals surface area contributed by atoms with Crippen LogP contribution in [0.3, 0.4) is 0 Å². The van der Waals surface area contributed by atoms with E-state index in [0.717, 1.165) is 22.6 Å². The molecule has 27 heavy (non-hydrogen) atoms. The Kier molecular flexibility index (Phi) is 6.21. The maximum atomic E-state index is 12.1. The molecule has 5 nitrogen and oxygen atoms in total. The van der Waals surface area contributed by atoms with Crippen molar-refractivity contribution in [3.63, 3.8) is 0 Å². The van der Waals surface area contributed by atoms with E-state index in [4.69, 9.17) is 11.6 Å². The van der Waals surface area contributed by atoms with Crippen LogP contribution in [0.15, 0.2) is 53.9 Å². The summed E-state index contributed by atoms with van der Waals surface area (Å²) >= 11 is 7.60. The average Bonchev–Trinajstić information content (AvgIpc) is 3.14. The number of aryl methyl sites for hydroxylation is 1. The molecule has 0 aliphatic carbocycles. The van der Waals surface area contributed by atoms with Crippen molar-refractivity contribution >= 4 is 34.8 Å². The van der Waals surface area contributed by atoms with Crippen molar-refractivity contribution in [1.82, 2.24) is 15.8 Å². The van der Waals surface area contributed by atoms with Crippen LogP contribution in [0, 0.1) is 0 Å². The van der Waals surface area contributed by atoms with Gasteiger partial charge >= 0.3 is 0 Å². The number of hydrogen-bond donors (Lipinski definition) is 2. The van der Waals surface area contributed by atoms with Crippen molar-refractivity contribution < 1.29 is 9.59 Å². The standard InChI is InChI=1S/C20H18ClN3O2S/c1-2-13-7-9-14(10-8-13)19(26)24-23-18(25)11-15-12-27-20(22-15)16-5-3-4-6-17(16)21/h3-10,12H,2,11H2,1H3,(H,23,25)(H,24,26). The van der Waals surface area contributed by atoms with Crippen molar-refractivity contribution in [2.24, 2.45) is 0 Å². The number of rotatable bonds is 5. The van der Waals surface area contributed by atoms with Crippen molar-refractivity contribution in [1.29, 1.82) is 0 Å². The third-order valence-corrected chi connectivity index (χ3v) is 5.19. The van der Waals surface area contributed by atoms with Crippen molar-refractivity contribution in [2.45, 2.75) is 19.8 Å². The predicted octanol–water partition coefficient (Wildman–Crippen LogP) is 4.03. The minimum Gasteiger partial charge on any atom is -0.273 e. The molecule has 0 atom stereocenters. The normalized spacial score (nSPS) is 10.4. The second-order valence-electron chi connectivity index (χ2n) is 5.85. The Balaban J connectivity index is 1.55. The minimum atomic E-state index is -0.360. The first-order valence-electron chi connectivity index (χ1n) is 8.44. The van der Waals surface area contributed by atoms with Gasteiger partial charge in [0.2, 0.25) is 5.91 Å². The third kappa shape index (κ3) is 4.93. The molecule has 0 radical (unpaired) electrons. The average molecular weight is 400 g/mol. The molecule has 2 aromatic carbocycles. The van der Waals surface area contributed by atoms with Crippen LogP contribution in [-0.4, -0.2) is 16.8 Å². The van der Waals surface area contributed by atoms with Gasteiger partial charge in [0.1, 0.15) is 5.01 Å². The second-order valence-corrected chi connectivity index (χ2v) is 7.12. The number of benzene rings is 2. The largest absolute Gasteiger partial charge is 0.273 e. The van der Waals surface area contributed by atoms with Crippen molar-refractivity contribution in [3.8, 4) is 10.6 Å². The zero-order chi connectivity index (χ0) is 19.2. The van der Waals surface area contributed by atoms with Gasteiger partial charge in [-0.3, -0.25) is 20.4 Å². The van der Waals surface area contributed by atoms with Gasteiger partial charge in [-0.15, -0.1) is 11.3 Å². The van der Waals surface area contributed by atoms with Gasteiger partial charge in [0, 0.05) is 16.5 Å². The first-order valence-corrected chi connectivity index (χ1v) is 9.70. The molecule has 138 valence electrons. The molecule has 0 saturated heterocycles. The quantitative estimate of drug-likeness (QED) is 0.636. The summed E-state index contributed by atoms with van der Waals surface area (Å²) in [6, 6.07) is 14.7. The maximum Gasteiger partial charge on any atom is 0.269 e. The van der Waals surface area contributed by atoms with Gasteiger partial charge in [-0.2, -0.15) is 0 Å². The Bertz CT molecular complexity index is 954. The van der Waals surface area contributed by atoms with Crippen LogP contribution in [-0.2, 0) is 17.6 Å². The van der Waals surface area contributed by atoms with Gasteiger partial charge in [-0.05, 0) is 30.2 Å². The highest BCUT2D eigenvalue weighted by Crippen LogP contribution is 2.30. The number of aromatic nitrogens is 1. The summed E-state index contributed by atoms with van der Waals surface area (Å²) in [5.74, 6) is -0.703. The van der Waals surface area contributed by atoms with Crippen LogP contribution in [0.4, 0.5) is 0 Å². The lowest BCUT2D eigenvalue weighted by Crippen LogP contribution is -2.42. The Morgan fingerprint density at radius 1 is 1.07 bits per heavy atom.